The molecule has 2 aromatic rings. The standard InChI is InChI=1S/C14H16F3N3O2S2/c1-21-10-3-5-11(6-4-10)22-7-2-8-23-13-20-19-12(24-13)18-9-14(15,16)17/h3-6H,2,7-9H2,1H3,(H,18,19). The molecule has 1 aromatic carbocycles. The summed E-state index contributed by atoms with van der Waals surface area (Å²) in [4.78, 5) is 0. The van der Waals surface area contributed by atoms with Crippen LogP contribution in [0.4, 0.5) is 18.3 Å². The fourth-order valence-corrected chi connectivity index (χ4v) is 3.33. The number of rotatable bonds is 9. The van der Waals surface area contributed by atoms with Crippen LogP contribution in [0.1, 0.15) is 6.42 Å². The number of nitrogens with zero attached hydrogens (tertiary/aromatic N) is 2. The quantitative estimate of drug-likeness (QED) is 0.523. The van der Waals surface area contributed by atoms with E-state index < -0.39 is 12.7 Å². The Morgan fingerprint density at radius 2 is 1.88 bits per heavy atom. The lowest BCUT2D eigenvalue weighted by Gasteiger charge is -2.06. The van der Waals surface area contributed by atoms with E-state index in [0.717, 1.165) is 35.0 Å². The summed E-state index contributed by atoms with van der Waals surface area (Å²) in [5.74, 6) is 2.27. The average Bonchev–Trinajstić information content (AvgIpc) is 3.00. The van der Waals surface area contributed by atoms with Crippen LogP contribution in [0.15, 0.2) is 28.6 Å². The Balaban J connectivity index is 1.62. The third-order valence-corrected chi connectivity index (χ3v) is 4.79. The van der Waals surface area contributed by atoms with Gasteiger partial charge in [-0.1, -0.05) is 23.1 Å². The van der Waals surface area contributed by atoms with Crippen molar-refractivity contribution in [1.29, 1.82) is 0 Å². The van der Waals surface area contributed by atoms with Gasteiger partial charge in [0, 0.05) is 5.75 Å². The van der Waals surface area contributed by atoms with E-state index in [0.29, 0.717) is 10.9 Å². The lowest BCUT2D eigenvalue weighted by Crippen LogP contribution is -2.21. The number of halogens is 3. The van der Waals surface area contributed by atoms with Crippen LogP contribution in [0.5, 0.6) is 11.5 Å². The average molecular weight is 379 g/mol. The first-order chi connectivity index (χ1) is 11.5. The molecule has 10 heteroatoms. The summed E-state index contributed by atoms with van der Waals surface area (Å²) in [6, 6.07) is 7.30. The van der Waals surface area contributed by atoms with Crippen molar-refractivity contribution in [2.24, 2.45) is 0 Å². The Labute approximate surface area is 145 Å². The minimum Gasteiger partial charge on any atom is -0.497 e. The molecule has 5 nitrogen and oxygen atoms in total. The number of aromatic nitrogens is 2. The van der Waals surface area contributed by atoms with Gasteiger partial charge in [-0.05, 0) is 30.7 Å². The van der Waals surface area contributed by atoms with Gasteiger partial charge in [0.2, 0.25) is 5.13 Å². The van der Waals surface area contributed by atoms with Gasteiger partial charge in [-0.25, -0.2) is 0 Å². The molecule has 0 saturated carbocycles. The molecule has 132 valence electrons. The Morgan fingerprint density at radius 3 is 2.54 bits per heavy atom. The summed E-state index contributed by atoms with van der Waals surface area (Å²) in [6.45, 7) is -0.570. The highest BCUT2D eigenvalue weighted by Crippen LogP contribution is 2.27. The van der Waals surface area contributed by atoms with Crippen molar-refractivity contribution >= 4 is 28.2 Å². The van der Waals surface area contributed by atoms with Gasteiger partial charge in [0.15, 0.2) is 4.34 Å². The zero-order valence-electron chi connectivity index (χ0n) is 12.8. The van der Waals surface area contributed by atoms with Crippen molar-refractivity contribution in [1.82, 2.24) is 10.2 Å². The van der Waals surface area contributed by atoms with Crippen molar-refractivity contribution in [2.75, 3.05) is 31.3 Å². The van der Waals surface area contributed by atoms with Crippen LogP contribution >= 0.6 is 23.1 Å². The van der Waals surface area contributed by atoms with E-state index in [-0.39, 0.29) is 5.13 Å². The van der Waals surface area contributed by atoms with Crippen molar-refractivity contribution in [3.8, 4) is 11.5 Å². The van der Waals surface area contributed by atoms with Gasteiger partial charge >= 0.3 is 6.18 Å². The molecule has 0 radical (unpaired) electrons. The first kappa shape index (κ1) is 18.7. The molecule has 0 aliphatic carbocycles. The van der Waals surface area contributed by atoms with Gasteiger partial charge in [-0.2, -0.15) is 13.2 Å². The number of methoxy groups -OCH3 is 1. The monoisotopic (exact) mass is 379 g/mol. The molecule has 0 atom stereocenters. The molecule has 0 unspecified atom stereocenters. The molecule has 24 heavy (non-hydrogen) atoms. The number of hydrogen-bond acceptors (Lipinski definition) is 7. The topological polar surface area (TPSA) is 56.3 Å². The molecule has 0 aliphatic heterocycles. The van der Waals surface area contributed by atoms with E-state index >= 15 is 0 Å². The maximum Gasteiger partial charge on any atom is 0.405 e. The number of nitrogens with one attached hydrogen (secondary N) is 1. The van der Waals surface area contributed by atoms with Gasteiger partial charge in [0.05, 0.1) is 13.7 Å². The van der Waals surface area contributed by atoms with E-state index in [9.17, 15) is 13.2 Å². The Hall–Kier alpha value is -1.68. The van der Waals surface area contributed by atoms with Crippen LogP contribution < -0.4 is 14.8 Å². The predicted octanol–water partition coefficient (Wildman–Crippen LogP) is 4.08. The second-order valence-corrected chi connectivity index (χ2v) is 6.89. The SMILES string of the molecule is COc1ccc(OCCCSc2nnc(NCC(F)(F)F)s2)cc1. The van der Waals surface area contributed by atoms with Crippen molar-refractivity contribution in [3.05, 3.63) is 24.3 Å². The van der Waals surface area contributed by atoms with E-state index in [1.165, 1.54) is 11.8 Å². The van der Waals surface area contributed by atoms with E-state index in [1.807, 2.05) is 24.3 Å². The second kappa shape index (κ2) is 8.97. The molecule has 0 bridgehead atoms. The van der Waals surface area contributed by atoms with Crippen molar-refractivity contribution in [3.63, 3.8) is 0 Å². The molecule has 0 saturated heterocycles. The number of thioether (sulfide) groups is 1. The molecule has 0 spiro atoms. The normalized spacial score (nSPS) is 11.3. The highest BCUT2D eigenvalue weighted by molar-refractivity contribution is 8.01. The molecule has 1 N–H and O–H groups in total. The maximum absolute atomic E-state index is 12.1. The third-order valence-electron chi connectivity index (χ3n) is 2.69. The summed E-state index contributed by atoms with van der Waals surface area (Å²) < 4.78 is 47.5. The Morgan fingerprint density at radius 1 is 1.17 bits per heavy atom. The van der Waals surface area contributed by atoms with Crippen LogP contribution in [-0.4, -0.2) is 42.4 Å². The summed E-state index contributed by atoms with van der Waals surface area (Å²) in [7, 11) is 1.60. The smallest absolute Gasteiger partial charge is 0.405 e. The van der Waals surface area contributed by atoms with Crippen LogP contribution in [0, 0.1) is 0 Å². The third kappa shape index (κ3) is 6.83. The van der Waals surface area contributed by atoms with Gasteiger partial charge in [0.1, 0.15) is 18.0 Å². The molecule has 1 heterocycles. The molecular formula is C14H16F3N3O2S2. The first-order valence-electron chi connectivity index (χ1n) is 7.00. The zero-order chi connectivity index (χ0) is 17.4. The van der Waals surface area contributed by atoms with E-state index in [4.69, 9.17) is 9.47 Å². The van der Waals surface area contributed by atoms with E-state index in [2.05, 4.69) is 15.5 Å². The highest BCUT2D eigenvalue weighted by Gasteiger charge is 2.27. The predicted molar refractivity (Wildman–Crippen MR) is 88.3 cm³/mol. The lowest BCUT2D eigenvalue weighted by molar-refractivity contribution is -0.115. The number of benzene rings is 1. The number of ether oxygens (including phenoxy) is 2. The van der Waals surface area contributed by atoms with Gasteiger partial charge in [0.25, 0.3) is 0 Å². The van der Waals surface area contributed by atoms with Crippen molar-refractivity contribution < 1.29 is 22.6 Å². The number of hydrogen-bond donors (Lipinski definition) is 1. The van der Waals surface area contributed by atoms with Crippen molar-refractivity contribution in [2.45, 2.75) is 16.9 Å². The molecule has 1 aromatic heterocycles. The molecule has 0 fully saturated rings. The summed E-state index contributed by atoms with van der Waals surface area (Å²) in [6.07, 6.45) is -3.49. The van der Waals surface area contributed by atoms with Gasteiger partial charge < -0.3 is 14.8 Å². The fourth-order valence-electron chi connectivity index (χ4n) is 1.60. The Bertz CT molecular complexity index is 620. The fraction of sp³-hybridized carbons (Fsp3) is 0.429. The maximum atomic E-state index is 12.1. The van der Waals surface area contributed by atoms with Gasteiger partial charge in [-0.15, -0.1) is 10.2 Å². The number of anilines is 1. The largest absolute Gasteiger partial charge is 0.497 e. The Kier molecular flexibility index (Phi) is 6.98. The molecular weight excluding hydrogens is 363 g/mol. The van der Waals surface area contributed by atoms with Crippen LogP contribution in [0.3, 0.4) is 0 Å². The van der Waals surface area contributed by atoms with E-state index in [1.54, 1.807) is 7.11 Å². The summed E-state index contributed by atoms with van der Waals surface area (Å²) in [5, 5.41) is 9.89. The first-order valence-corrected chi connectivity index (χ1v) is 8.80. The molecule has 2 rings (SSSR count). The highest BCUT2D eigenvalue weighted by atomic mass is 32.2. The van der Waals surface area contributed by atoms with Gasteiger partial charge in [-0.3, -0.25) is 0 Å². The van der Waals surface area contributed by atoms with Crippen LogP contribution in [-0.2, 0) is 0 Å². The summed E-state index contributed by atoms with van der Waals surface area (Å²) in [5.41, 5.74) is 0. The minimum atomic E-state index is -4.27. The zero-order valence-corrected chi connectivity index (χ0v) is 14.4. The molecule has 0 amide bonds. The minimum absolute atomic E-state index is 0.171. The molecule has 0 aliphatic rings. The lowest BCUT2D eigenvalue weighted by atomic mass is 10.3. The second-order valence-electron chi connectivity index (χ2n) is 4.57. The summed E-state index contributed by atoms with van der Waals surface area (Å²) >= 11 is 2.55. The number of alkyl halides is 3. The van der Waals surface area contributed by atoms with Crippen LogP contribution in [0.2, 0.25) is 0 Å². The van der Waals surface area contributed by atoms with Crippen LogP contribution in [0.25, 0.3) is 0 Å².